The minimum Gasteiger partial charge on any atom is -0.253 e. The van der Waals surface area contributed by atoms with E-state index in [-0.39, 0.29) is 10.9 Å². The van der Waals surface area contributed by atoms with Crippen molar-refractivity contribution in [3.05, 3.63) is 72.5 Å². The molecule has 1 aromatic heterocycles. The average Bonchev–Trinajstić information content (AvgIpc) is 2.59. The third kappa shape index (κ3) is 3.89. The molecule has 3 rings (SSSR count). The highest BCUT2D eigenvalue weighted by Crippen LogP contribution is 2.28. The smallest absolute Gasteiger partial charge is 0.241 e. The molecule has 0 amide bonds. The van der Waals surface area contributed by atoms with E-state index in [1.54, 1.807) is 24.3 Å². The van der Waals surface area contributed by atoms with Crippen molar-refractivity contribution < 1.29 is 8.42 Å². The molecule has 1 heterocycles. The van der Waals surface area contributed by atoms with Gasteiger partial charge in [0, 0.05) is 17.3 Å². The second-order valence-electron chi connectivity index (χ2n) is 6.38. The predicted octanol–water partition coefficient (Wildman–Crippen LogP) is 4.00. The Morgan fingerprint density at radius 2 is 1.84 bits per heavy atom. The van der Waals surface area contributed by atoms with Gasteiger partial charge in [0.1, 0.15) is 0 Å². The van der Waals surface area contributed by atoms with Crippen molar-refractivity contribution in [2.75, 3.05) is 0 Å². The molecule has 1 unspecified atom stereocenters. The summed E-state index contributed by atoms with van der Waals surface area (Å²) >= 11 is 0. The lowest BCUT2D eigenvalue weighted by molar-refractivity contribution is 0.531. The van der Waals surface area contributed by atoms with Gasteiger partial charge in [-0.1, -0.05) is 36.9 Å². The summed E-state index contributed by atoms with van der Waals surface area (Å²) in [6.45, 7) is 9.87. The Bertz CT molecular complexity index is 915. The molecule has 1 atom stereocenters. The second-order valence-corrected chi connectivity index (χ2v) is 8.10. The van der Waals surface area contributed by atoms with E-state index >= 15 is 0 Å². The molecule has 1 aliphatic rings. The van der Waals surface area contributed by atoms with E-state index in [9.17, 15) is 8.42 Å². The lowest BCUT2D eigenvalue weighted by Gasteiger charge is -2.27. The van der Waals surface area contributed by atoms with Gasteiger partial charge in [0.15, 0.2) is 0 Å². The zero-order chi connectivity index (χ0) is 18.0. The van der Waals surface area contributed by atoms with E-state index in [1.165, 1.54) is 0 Å². The number of aromatic nitrogens is 1. The van der Waals surface area contributed by atoms with E-state index in [0.717, 1.165) is 47.4 Å². The van der Waals surface area contributed by atoms with Crippen molar-refractivity contribution in [2.45, 2.75) is 37.1 Å². The molecule has 0 aliphatic heterocycles. The fourth-order valence-corrected chi connectivity index (χ4v) is 4.26. The summed E-state index contributed by atoms with van der Waals surface area (Å²) in [4.78, 5) is 4.70. The molecule has 1 N–H and O–H groups in total. The first-order valence-electron chi connectivity index (χ1n) is 8.30. The van der Waals surface area contributed by atoms with Crippen molar-refractivity contribution in [3.8, 4) is 11.3 Å². The van der Waals surface area contributed by atoms with Gasteiger partial charge in [-0.15, -0.1) is 0 Å². The summed E-state index contributed by atoms with van der Waals surface area (Å²) in [6, 6.07) is 12.3. The van der Waals surface area contributed by atoms with Gasteiger partial charge < -0.3 is 0 Å². The number of hydrogen-bond acceptors (Lipinski definition) is 3. The maximum absolute atomic E-state index is 12.7. The van der Waals surface area contributed by atoms with E-state index in [1.807, 2.05) is 25.1 Å². The topological polar surface area (TPSA) is 59.1 Å². The van der Waals surface area contributed by atoms with Gasteiger partial charge in [-0.3, -0.25) is 4.98 Å². The number of rotatable bonds is 4. The van der Waals surface area contributed by atoms with Crippen molar-refractivity contribution in [3.63, 3.8) is 0 Å². The lowest BCUT2D eigenvalue weighted by Crippen LogP contribution is -2.38. The molecule has 25 heavy (non-hydrogen) atoms. The number of aryl methyl sites for hydroxylation is 1. The molecule has 0 radical (unpaired) electrons. The van der Waals surface area contributed by atoms with Crippen molar-refractivity contribution in [1.29, 1.82) is 0 Å². The molecule has 1 aromatic carbocycles. The number of nitrogens with zero attached hydrogens (tertiary/aromatic N) is 1. The van der Waals surface area contributed by atoms with Crippen LogP contribution < -0.4 is 4.72 Å². The SMILES string of the molecule is C=C1CCCC(NS(=O)(=O)c2ccc(-c3cccc(C)n3)cc2)C1=C. The van der Waals surface area contributed by atoms with Crippen LogP contribution in [0.1, 0.15) is 25.0 Å². The Morgan fingerprint density at radius 1 is 1.12 bits per heavy atom. The predicted molar refractivity (Wildman–Crippen MR) is 101 cm³/mol. The molecule has 1 fully saturated rings. The van der Waals surface area contributed by atoms with Gasteiger partial charge in [0.05, 0.1) is 10.6 Å². The minimum atomic E-state index is -3.60. The maximum Gasteiger partial charge on any atom is 0.241 e. The molecule has 0 spiro atoms. The van der Waals surface area contributed by atoms with Crippen LogP contribution in [0.25, 0.3) is 11.3 Å². The molecule has 4 nitrogen and oxygen atoms in total. The number of nitrogens with one attached hydrogen (secondary N) is 1. The Hall–Kier alpha value is -2.24. The Balaban J connectivity index is 1.81. The highest BCUT2D eigenvalue weighted by atomic mass is 32.2. The molecule has 130 valence electrons. The summed E-state index contributed by atoms with van der Waals surface area (Å²) in [6.07, 6.45) is 2.56. The zero-order valence-corrected chi connectivity index (χ0v) is 15.1. The fourth-order valence-electron chi connectivity index (χ4n) is 2.99. The van der Waals surface area contributed by atoms with Crippen LogP contribution in [0.4, 0.5) is 0 Å². The first-order valence-corrected chi connectivity index (χ1v) is 9.78. The summed E-state index contributed by atoms with van der Waals surface area (Å²) in [5.41, 5.74) is 4.36. The Labute approximate surface area is 149 Å². The van der Waals surface area contributed by atoms with Crippen molar-refractivity contribution >= 4 is 10.0 Å². The van der Waals surface area contributed by atoms with E-state index in [2.05, 4.69) is 22.9 Å². The highest BCUT2D eigenvalue weighted by molar-refractivity contribution is 7.89. The average molecular weight is 354 g/mol. The van der Waals surface area contributed by atoms with Crippen LogP contribution in [0.15, 0.2) is 71.7 Å². The quantitative estimate of drug-likeness (QED) is 0.903. The molecular weight excluding hydrogens is 332 g/mol. The van der Waals surface area contributed by atoms with Gasteiger partial charge in [0.2, 0.25) is 10.0 Å². The number of pyridine rings is 1. The van der Waals surface area contributed by atoms with Crippen LogP contribution >= 0.6 is 0 Å². The zero-order valence-electron chi connectivity index (χ0n) is 14.3. The van der Waals surface area contributed by atoms with Crippen LogP contribution in [-0.2, 0) is 10.0 Å². The van der Waals surface area contributed by atoms with E-state index in [4.69, 9.17) is 0 Å². The number of hydrogen-bond donors (Lipinski definition) is 1. The van der Waals surface area contributed by atoms with Gasteiger partial charge >= 0.3 is 0 Å². The second kappa shape index (κ2) is 6.94. The van der Waals surface area contributed by atoms with Crippen LogP contribution in [0.5, 0.6) is 0 Å². The van der Waals surface area contributed by atoms with E-state index in [0.29, 0.717) is 0 Å². The van der Waals surface area contributed by atoms with Crippen LogP contribution in [0, 0.1) is 6.92 Å². The fraction of sp³-hybridized carbons (Fsp3) is 0.250. The third-order valence-corrected chi connectivity index (χ3v) is 5.98. The van der Waals surface area contributed by atoms with Crippen LogP contribution in [0.2, 0.25) is 0 Å². The molecule has 2 aromatic rings. The van der Waals surface area contributed by atoms with Crippen LogP contribution in [-0.4, -0.2) is 19.4 Å². The first-order chi connectivity index (χ1) is 11.9. The van der Waals surface area contributed by atoms with Gasteiger partial charge in [-0.05, 0) is 56.0 Å². The standard InChI is InChI=1S/C20H22N2O2S/c1-14-6-4-8-19(16(14)3)22-25(23,24)18-12-10-17(11-13-18)20-9-5-7-15(2)21-20/h5,7,9-13,19,22H,1,3-4,6,8H2,2H3. The normalized spacial score (nSPS) is 18.4. The highest BCUT2D eigenvalue weighted by Gasteiger charge is 2.25. The van der Waals surface area contributed by atoms with Gasteiger partial charge in [-0.2, -0.15) is 0 Å². The summed E-state index contributed by atoms with van der Waals surface area (Å²) < 4.78 is 28.1. The first kappa shape index (κ1) is 17.6. The summed E-state index contributed by atoms with van der Waals surface area (Å²) in [5, 5.41) is 0. The third-order valence-electron chi connectivity index (χ3n) is 4.49. The number of benzene rings is 1. The Kier molecular flexibility index (Phi) is 4.88. The lowest BCUT2D eigenvalue weighted by atomic mass is 9.88. The largest absolute Gasteiger partial charge is 0.253 e. The van der Waals surface area contributed by atoms with Crippen molar-refractivity contribution in [1.82, 2.24) is 9.71 Å². The molecule has 1 aliphatic carbocycles. The summed E-state index contributed by atoms with van der Waals surface area (Å²) in [7, 11) is -3.60. The molecule has 0 bridgehead atoms. The number of sulfonamides is 1. The molecule has 0 saturated heterocycles. The monoisotopic (exact) mass is 354 g/mol. The van der Waals surface area contributed by atoms with Crippen molar-refractivity contribution in [2.24, 2.45) is 0 Å². The van der Waals surface area contributed by atoms with E-state index < -0.39 is 10.0 Å². The summed E-state index contributed by atoms with van der Waals surface area (Å²) in [5.74, 6) is 0. The Morgan fingerprint density at radius 3 is 2.52 bits per heavy atom. The molecule has 1 saturated carbocycles. The molecular formula is C20H22N2O2S. The molecule has 5 heteroatoms. The van der Waals surface area contributed by atoms with Crippen LogP contribution in [0.3, 0.4) is 0 Å². The maximum atomic E-state index is 12.7. The van der Waals surface area contributed by atoms with Gasteiger partial charge in [-0.25, -0.2) is 13.1 Å². The minimum absolute atomic E-state index is 0.243. The van der Waals surface area contributed by atoms with Gasteiger partial charge in [0.25, 0.3) is 0 Å².